The number of fused-ring (bicyclic) bond motifs is 3. The first-order valence-corrected chi connectivity index (χ1v) is 10.9. The van der Waals surface area contributed by atoms with Crippen LogP contribution in [0.15, 0.2) is 54.0 Å². The molecule has 0 radical (unpaired) electrons. The zero-order valence-electron chi connectivity index (χ0n) is 16.7. The molecule has 1 aromatic carbocycles. The molecule has 5 rings (SSSR count). The first-order valence-electron chi connectivity index (χ1n) is 10.00. The summed E-state index contributed by atoms with van der Waals surface area (Å²) in [4.78, 5) is 19.3. The van der Waals surface area contributed by atoms with Crippen molar-refractivity contribution >= 4 is 17.2 Å². The molecule has 1 amide bonds. The highest BCUT2D eigenvalue weighted by Gasteiger charge is 2.44. The van der Waals surface area contributed by atoms with Crippen LogP contribution in [0.4, 0.5) is 0 Å². The molecule has 1 saturated heterocycles. The monoisotopic (exact) mass is 407 g/mol. The number of benzene rings is 1. The third-order valence-electron chi connectivity index (χ3n) is 6.20. The second-order valence-electron chi connectivity index (χ2n) is 7.94. The van der Waals surface area contributed by atoms with E-state index in [9.17, 15) is 4.79 Å². The second kappa shape index (κ2) is 7.35. The van der Waals surface area contributed by atoms with Gasteiger partial charge in [0.1, 0.15) is 11.4 Å². The summed E-state index contributed by atoms with van der Waals surface area (Å²) < 4.78 is 7.46. The number of nitrogens with zero attached hydrogens (tertiary/aromatic N) is 3. The van der Waals surface area contributed by atoms with Crippen molar-refractivity contribution in [3.63, 3.8) is 0 Å². The van der Waals surface area contributed by atoms with Crippen molar-refractivity contribution in [2.24, 2.45) is 0 Å². The zero-order chi connectivity index (χ0) is 20.0. The summed E-state index contributed by atoms with van der Waals surface area (Å²) in [5.41, 5.74) is 3.29. The number of carbonyl (C=O) groups is 1. The fourth-order valence-electron chi connectivity index (χ4n) is 4.60. The minimum absolute atomic E-state index is 0.126. The summed E-state index contributed by atoms with van der Waals surface area (Å²) in [5, 5.41) is 2.16. The maximum Gasteiger partial charge on any atom is 0.271 e. The Labute approximate surface area is 175 Å². The average molecular weight is 408 g/mol. The van der Waals surface area contributed by atoms with Gasteiger partial charge in [0.25, 0.3) is 5.91 Å². The average Bonchev–Trinajstić information content (AvgIpc) is 3.46. The number of ether oxygens (including phenoxy) is 1. The van der Waals surface area contributed by atoms with Gasteiger partial charge in [-0.15, -0.1) is 11.3 Å². The molecule has 1 fully saturated rings. The summed E-state index contributed by atoms with van der Waals surface area (Å²) in [6.07, 6.45) is 2.06. The number of methoxy groups -OCH3 is 1. The molecule has 0 spiro atoms. The predicted octanol–water partition coefficient (Wildman–Crippen LogP) is 3.95. The van der Waals surface area contributed by atoms with Crippen molar-refractivity contribution in [1.29, 1.82) is 0 Å². The number of thiophene rings is 1. The van der Waals surface area contributed by atoms with E-state index < -0.39 is 0 Å². The van der Waals surface area contributed by atoms with Gasteiger partial charge < -0.3 is 14.2 Å². The Balaban J connectivity index is 1.42. The van der Waals surface area contributed by atoms with Crippen molar-refractivity contribution in [3.05, 3.63) is 75.7 Å². The van der Waals surface area contributed by atoms with Crippen molar-refractivity contribution in [3.8, 4) is 5.75 Å². The lowest BCUT2D eigenvalue weighted by atomic mass is 10.0. The molecule has 150 valence electrons. The van der Waals surface area contributed by atoms with Gasteiger partial charge in [0, 0.05) is 37.3 Å². The third kappa shape index (κ3) is 3.26. The van der Waals surface area contributed by atoms with E-state index in [0.29, 0.717) is 12.6 Å². The molecule has 2 aliphatic heterocycles. The van der Waals surface area contributed by atoms with Crippen LogP contribution in [-0.4, -0.2) is 46.5 Å². The zero-order valence-corrected chi connectivity index (χ0v) is 17.6. The Bertz CT molecular complexity index is 1020. The number of rotatable bonds is 5. The summed E-state index contributed by atoms with van der Waals surface area (Å²) in [6.45, 7) is 5.63. The molecule has 0 saturated carbocycles. The van der Waals surface area contributed by atoms with Crippen LogP contribution in [-0.2, 0) is 13.1 Å². The van der Waals surface area contributed by atoms with E-state index in [4.69, 9.17) is 4.74 Å². The Morgan fingerprint density at radius 2 is 1.86 bits per heavy atom. The Morgan fingerprint density at radius 3 is 2.59 bits per heavy atom. The quantitative estimate of drug-likeness (QED) is 0.643. The first kappa shape index (κ1) is 18.5. The van der Waals surface area contributed by atoms with Crippen molar-refractivity contribution < 1.29 is 9.53 Å². The van der Waals surface area contributed by atoms with Crippen LogP contribution in [0.25, 0.3) is 0 Å². The van der Waals surface area contributed by atoms with Gasteiger partial charge >= 0.3 is 0 Å². The van der Waals surface area contributed by atoms with E-state index in [0.717, 1.165) is 36.6 Å². The van der Waals surface area contributed by atoms with Gasteiger partial charge in [-0.25, -0.2) is 0 Å². The first-order chi connectivity index (χ1) is 14.1. The van der Waals surface area contributed by atoms with Gasteiger partial charge in [0.05, 0.1) is 19.2 Å². The molecule has 2 aliphatic rings. The highest BCUT2D eigenvalue weighted by molar-refractivity contribution is 7.10. The summed E-state index contributed by atoms with van der Waals surface area (Å²) in [7, 11) is 1.67. The number of amides is 1. The van der Waals surface area contributed by atoms with Crippen molar-refractivity contribution in [2.45, 2.75) is 32.1 Å². The Kier molecular flexibility index (Phi) is 4.68. The van der Waals surface area contributed by atoms with Crippen LogP contribution in [0.2, 0.25) is 0 Å². The molecule has 0 bridgehead atoms. The Morgan fingerprint density at radius 1 is 1.07 bits per heavy atom. The molecule has 6 heteroatoms. The molecule has 4 heterocycles. The summed E-state index contributed by atoms with van der Waals surface area (Å²) >= 11 is 1.82. The molecule has 2 aromatic heterocycles. The largest absolute Gasteiger partial charge is 0.497 e. The second-order valence-corrected chi connectivity index (χ2v) is 8.94. The van der Waals surface area contributed by atoms with Gasteiger partial charge in [0.15, 0.2) is 0 Å². The van der Waals surface area contributed by atoms with E-state index in [1.807, 2.05) is 35.6 Å². The number of likely N-dealkylation sites (tertiary alicyclic amines) is 1. The lowest BCUT2D eigenvalue weighted by Crippen LogP contribution is -2.49. The lowest BCUT2D eigenvalue weighted by Gasteiger charge is -2.38. The lowest BCUT2D eigenvalue weighted by molar-refractivity contribution is 0.0556. The third-order valence-corrected chi connectivity index (χ3v) is 7.21. The van der Waals surface area contributed by atoms with E-state index in [1.165, 1.54) is 10.4 Å². The van der Waals surface area contributed by atoms with Gasteiger partial charge in [-0.05, 0) is 53.8 Å². The molecule has 29 heavy (non-hydrogen) atoms. The fraction of sp³-hybridized carbons (Fsp3) is 0.348. The number of carbonyl (C=O) groups excluding carboxylic acids is 1. The van der Waals surface area contributed by atoms with Crippen molar-refractivity contribution in [1.82, 2.24) is 14.4 Å². The standard InChI is InChI=1S/C23H25N3O2S/c1-16-9-11-29-22(16)15-24-13-20-21(14-24)26(23(27)19-4-3-10-25(19)20)12-17-5-7-18(28-2)8-6-17/h3-11,20-21H,12-15H2,1-2H3/t20-,21+/m0/s1. The molecule has 0 unspecified atom stereocenters. The summed E-state index contributed by atoms with van der Waals surface area (Å²) in [6, 6.07) is 14.6. The fourth-order valence-corrected chi connectivity index (χ4v) is 5.55. The molecule has 0 aliphatic carbocycles. The molecule has 3 aromatic rings. The highest BCUT2D eigenvalue weighted by Crippen LogP contribution is 2.36. The van der Waals surface area contributed by atoms with Crippen LogP contribution in [0.3, 0.4) is 0 Å². The van der Waals surface area contributed by atoms with E-state index in [1.54, 1.807) is 7.11 Å². The molecule has 2 atom stereocenters. The Hall–Kier alpha value is -2.57. The topological polar surface area (TPSA) is 37.7 Å². The van der Waals surface area contributed by atoms with Crippen LogP contribution >= 0.6 is 11.3 Å². The normalized spacial score (nSPS) is 21.3. The van der Waals surface area contributed by atoms with Gasteiger partial charge in [-0.2, -0.15) is 0 Å². The number of hydrogen-bond donors (Lipinski definition) is 0. The molecular weight excluding hydrogens is 382 g/mol. The minimum atomic E-state index is 0.126. The van der Waals surface area contributed by atoms with Crippen LogP contribution in [0.5, 0.6) is 5.75 Å². The van der Waals surface area contributed by atoms with Crippen LogP contribution < -0.4 is 4.74 Å². The molecule has 5 nitrogen and oxygen atoms in total. The van der Waals surface area contributed by atoms with Crippen LogP contribution in [0, 0.1) is 6.92 Å². The SMILES string of the molecule is COc1ccc(CN2C(=O)c3cccn3[C@H]3CN(Cc4sccc4C)C[C@H]32)cc1. The van der Waals surface area contributed by atoms with Gasteiger partial charge in [-0.1, -0.05) is 12.1 Å². The maximum absolute atomic E-state index is 13.3. The number of aromatic nitrogens is 1. The number of hydrogen-bond acceptors (Lipinski definition) is 4. The maximum atomic E-state index is 13.3. The van der Waals surface area contributed by atoms with E-state index >= 15 is 0 Å². The van der Waals surface area contributed by atoms with E-state index in [2.05, 4.69) is 51.1 Å². The molecular formula is C23H25N3O2S. The van der Waals surface area contributed by atoms with Gasteiger partial charge in [-0.3, -0.25) is 9.69 Å². The number of aryl methyl sites for hydroxylation is 1. The minimum Gasteiger partial charge on any atom is -0.497 e. The van der Waals surface area contributed by atoms with E-state index in [-0.39, 0.29) is 11.9 Å². The van der Waals surface area contributed by atoms with Crippen LogP contribution in [0.1, 0.15) is 32.5 Å². The van der Waals surface area contributed by atoms with Gasteiger partial charge in [0.2, 0.25) is 0 Å². The molecule has 0 N–H and O–H groups in total. The smallest absolute Gasteiger partial charge is 0.271 e. The van der Waals surface area contributed by atoms with Crippen molar-refractivity contribution in [2.75, 3.05) is 20.2 Å². The summed E-state index contributed by atoms with van der Waals surface area (Å²) in [5.74, 6) is 0.963. The predicted molar refractivity (Wildman–Crippen MR) is 114 cm³/mol. The highest BCUT2D eigenvalue weighted by atomic mass is 32.1.